The minimum absolute atomic E-state index is 0.0332. The van der Waals surface area contributed by atoms with Crippen LogP contribution in [-0.2, 0) is 4.79 Å². The van der Waals surface area contributed by atoms with E-state index in [0.29, 0.717) is 10.8 Å². The maximum absolute atomic E-state index is 12.1. The molecule has 122 valence electrons. The lowest BCUT2D eigenvalue weighted by Crippen LogP contribution is -2.31. The molecule has 0 spiro atoms. The summed E-state index contributed by atoms with van der Waals surface area (Å²) < 4.78 is 5.46. The van der Waals surface area contributed by atoms with E-state index in [9.17, 15) is 4.79 Å². The summed E-state index contributed by atoms with van der Waals surface area (Å²) in [6, 6.07) is 11.2. The molecule has 0 aliphatic carbocycles. The molecule has 1 amide bonds. The van der Waals surface area contributed by atoms with Crippen LogP contribution in [0.25, 0.3) is 0 Å². The fourth-order valence-electron chi connectivity index (χ4n) is 2.52. The number of carbonyl (C=O) groups excluding carboxylic acids is 1. The SMILES string of the molecule is Cc1cc(C)c(C(C)NC(=O)COc2cccc(Cl)c2)cc1C. The Kier molecular flexibility index (Phi) is 5.67. The number of halogens is 1. The second kappa shape index (κ2) is 7.51. The van der Waals surface area contributed by atoms with E-state index in [-0.39, 0.29) is 18.6 Å². The number of ether oxygens (including phenoxy) is 1. The number of benzene rings is 2. The highest BCUT2D eigenvalue weighted by Crippen LogP contribution is 2.22. The average molecular weight is 332 g/mol. The van der Waals surface area contributed by atoms with Crippen molar-refractivity contribution < 1.29 is 9.53 Å². The van der Waals surface area contributed by atoms with Crippen molar-refractivity contribution in [1.82, 2.24) is 5.32 Å². The number of hydrogen-bond acceptors (Lipinski definition) is 2. The van der Waals surface area contributed by atoms with Gasteiger partial charge in [-0.05, 0) is 68.1 Å². The summed E-state index contributed by atoms with van der Waals surface area (Å²) in [7, 11) is 0. The van der Waals surface area contributed by atoms with Gasteiger partial charge in [0, 0.05) is 5.02 Å². The van der Waals surface area contributed by atoms with E-state index in [2.05, 4.69) is 38.2 Å². The standard InChI is InChI=1S/C19H22ClNO2/c1-12-8-14(3)18(9-13(12)2)15(4)21-19(22)11-23-17-7-5-6-16(20)10-17/h5-10,15H,11H2,1-4H3,(H,21,22). The van der Waals surface area contributed by atoms with Crippen LogP contribution in [0.3, 0.4) is 0 Å². The molecule has 1 atom stereocenters. The maximum atomic E-state index is 12.1. The lowest BCUT2D eigenvalue weighted by Gasteiger charge is -2.18. The molecule has 0 saturated heterocycles. The molecular weight excluding hydrogens is 310 g/mol. The van der Waals surface area contributed by atoms with Crippen LogP contribution in [0.2, 0.25) is 5.02 Å². The topological polar surface area (TPSA) is 38.3 Å². The zero-order valence-corrected chi connectivity index (χ0v) is 14.7. The van der Waals surface area contributed by atoms with Crippen molar-refractivity contribution in [3.63, 3.8) is 0 Å². The van der Waals surface area contributed by atoms with E-state index < -0.39 is 0 Å². The largest absolute Gasteiger partial charge is 0.484 e. The highest BCUT2D eigenvalue weighted by molar-refractivity contribution is 6.30. The minimum atomic E-state index is -0.157. The predicted molar refractivity (Wildman–Crippen MR) is 94.2 cm³/mol. The fraction of sp³-hybridized carbons (Fsp3) is 0.316. The first-order valence-electron chi connectivity index (χ1n) is 7.62. The van der Waals surface area contributed by atoms with Gasteiger partial charge in [-0.25, -0.2) is 0 Å². The Balaban J connectivity index is 1.96. The molecule has 0 bridgehead atoms. The lowest BCUT2D eigenvalue weighted by molar-refractivity contribution is -0.123. The van der Waals surface area contributed by atoms with Crippen LogP contribution in [-0.4, -0.2) is 12.5 Å². The Morgan fingerprint density at radius 1 is 1.13 bits per heavy atom. The van der Waals surface area contributed by atoms with Gasteiger partial charge in [-0.1, -0.05) is 29.8 Å². The van der Waals surface area contributed by atoms with E-state index in [1.54, 1.807) is 24.3 Å². The summed E-state index contributed by atoms with van der Waals surface area (Å²) in [5.41, 5.74) is 4.79. The zero-order valence-electron chi connectivity index (χ0n) is 13.9. The van der Waals surface area contributed by atoms with E-state index in [1.165, 1.54) is 16.7 Å². The third-order valence-electron chi connectivity index (χ3n) is 3.89. The van der Waals surface area contributed by atoms with E-state index in [4.69, 9.17) is 16.3 Å². The van der Waals surface area contributed by atoms with Crippen LogP contribution in [0, 0.1) is 20.8 Å². The summed E-state index contributed by atoms with van der Waals surface area (Å²) in [6.07, 6.45) is 0. The molecule has 0 heterocycles. The van der Waals surface area contributed by atoms with Gasteiger partial charge < -0.3 is 10.1 Å². The molecule has 0 aliphatic rings. The first kappa shape index (κ1) is 17.4. The third-order valence-corrected chi connectivity index (χ3v) is 4.13. The Bertz CT molecular complexity index is 713. The van der Waals surface area contributed by atoms with Crippen LogP contribution in [0.15, 0.2) is 36.4 Å². The van der Waals surface area contributed by atoms with Gasteiger partial charge in [0.05, 0.1) is 6.04 Å². The van der Waals surface area contributed by atoms with Gasteiger partial charge in [0.2, 0.25) is 0 Å². The van der Waals surface area contributed by atoms with Gasteiger partial charge in [-0.3, -0.25) is 4.79 Å². The summed E-state index contributed by atoms with van der Waals surface area (Å²) in [5, 5.41) is 3.56. The lowest BCUT2D eigenvalue weighted by atomic mass is 9.96. The van der Waals surface area contributed by atoms with Crippen molar-refractivity contribution in [3.05, 3.63) is 63.7 Å². The number of hydrogen-bond donors (Lipinski definition) is 1. The molecule has 0 aromatic heterocycles. The van der Waals surface area contributed by atoms with Crippen LogP contribution >= 0.6 is 11.6 Å². The summed E-state index contributed by atoms with van der Waals surface area (Å²) in [6.45, 7) is 8.18. The molecular formula is C19H22ClNO2. The molecule has 4 heteroatoms. The number of rotatable bonds is 5. The summed E-state index contributed by atoms with van der Waals surface area (Å²) in [4.78, 5) is 12.1. The molecule has 2 rings (SSSR count). The molecule has 0 fully saturated rings. The normalized spacial score (nSPS) is 11.9. The van der Waals surface area contributed by atoms with Crippen LogP contribution in [0.4, 0.5) is 0 Å². The van der Waals surface area contributed by atoms with Crippen molar-refractivity contribution >= 4 is 17.5 Å². The van der Waals surface area contributed by atoms with E-state index in [1.807, 2.05) is 6.92 Å². The molecule has 1 N–H and O–H groups in total. The van der Waals surface area contributed by atoms with Crippen LogP contribution in [0.1, 0.15) is 35.2 Å². The molecule has 0 radical (unpaired) electrons. The summed E-state index contributed by atoms with van der Waals surface area (Å²) in [5.74, 6) is 0.428. The first-order valence-corrected chi connectivity index (χ1v) is 8.00. The minimum Gasteiger partial charge on any atom is -0.484 e. The van der Waals surface area contributed by atoms with Gasteiger partial charge in [-0.15, -0.1) is 0 Å². The van der Waals surface area contributed by atoms with Crippen LogP contribution in [0.5, 0.6) is 5.75 Å². The Labute approximate surface area is 142 Å². The predicted octanol–water partition coefficient (Wildman–Crippen LogP) is 4.52. The Morgan fingerprint density at radius 3 is 2.52 bits per heavy atom. The molecule has 2 aromatic carbocycles. The van der Waals surface area contributed by atoms with E-state index >= 15 is 0 Å². The van der Waals surface area contributed by atoms with E-state index in [0.717, 1.165) is 5.56 Å². The molecule has 1 unspecified atom stereocenters. The van der Waals surface area contributed by atoms with Gasteiger partial charge >= 0.3 is 0 Å². The smallest absolute Gasteiger partial charge is 0.258 e. The number of carbonyl (C=O) groups is 1. The molecule has 0 saturated carbocycles. The van der Waals surface area contributed by atoms with Gasteiger partial charge in [-0.2, -0.15) is 0 Å². The van der Waals surface area contributed by atoms with Crippen molar-refractivity contribution in [2.75, 3.05) is 6.61 Å². The van der Waals surface area contributed by atoms with Crippen molar-refractivity contribution in [1.29, 1.82) is 0 Å². The number of nitrogens with one attached hydrogen (secondary N) is 1. The first-order chi connectivity index (χ1) is 10.9. The number of amides is 1. The number of aryl methyl sites for hydroxylation is 3. The zero-order chi connectivity index (χ0) is 17.0. The summed E-state index contributed by atoms with van der Waals surface area (Å²) >= 11 is 5.89. The molecule has 0 aliphatic heterocycles. The molecule has 23 heavy (non-hydrogen) atoms. The van der Waals surface area contributed by atoms with Crippen molar-refractivity contribution in [3.8, 4) is 5.75 Å². The van der Waals surface area contributed by atoms with Crippen molar-refractivity contribution in [2.24, 2.45) is 0 Å². The molecule has 2 aromatic rings. The third kappa shape index (κ3) is 4.73. The van der Waals surface area contributed by atoms with Crippen molar-refractivity contribution in [2.45, 2.75) is 33.7 Å². The molecule has 3 nitrogen and oxygen atoms in total. The van der Waals surface area contributed by atoms with Gasteiger partial charge in [0.15, 0.2) is 6.61 Å². The average Bonchev–Trinajstić information content (AvgIpc) is 2.49. The Hall–Kier alpha value is -2.00. The Morgan fingerprint density at radius 2 is 1.83 bits per heavy atom. The van der Waals surface area contributed by atoms with Crippen LogP contribution < -0.4 is 10.1 Å². The van der Waals surface area contributed by atoms with Gasteiger partial charge in [0.25, 0.3) is 5.91 Å². The highest BCUT2D eigenvalue weighted by Gasteiger charge is 2.13. The fourth-order valence-corrected chi connectivity index (χ4v) is 2.70. The quantitative estimate of drug-likeness (QED) is 0.874. The van der Waals surface area contributed by atoms with Gasteiger partial charge in [0.1, 0.15) is 5.75 Å². The monoisotopic (exact) mass is 331 g/mol. The second-order valence-electron chi connectivity index (χ2n) is 5.83. The second-order valence-corrected chi connectivity index (χ2v) is 6.26. The maximum Gasteiger partial charge on any atom is 0.258 e. The highest BCUT2D eigenvalue weighted by atomic mass is 35.5.